The number of guanidine groups is 1. The number of nitrogens with zero attached hydrogens (tertiary/aromatic N) is 2. The molecular weight excluding hydrogens is 515 g/mol. The van der Waals surface area contributed by atoms with E-state index in [0.717, 1.165) is 34.3 Å². The lowest BCUT2D eigenvalue weighted by atomic mass is 10.1. The second-order valence-electron chi connectivity index (χ2n) is 7.08. The predicted molar refractivity (Wildman–Crippen MR) is 140 cm³/mol. The summed E-state index contributed by atoms with van der Waals surface area (Å²) in [5, 5.41) is 6.69. The van der Waals surface area contributed by atoms with E-state index in [1.54, 1.807) is 13.2 Å². The largest absolute Gasteiger partial charge is 0.494 e. The number of benzene rings is 2. The van der Waals surface area contributed by atoms with Gasteiger partial charge in [-0.05, 0) is 55.3 Å². The van der Waals surface area contributed by atoms with E-state index in [1.807, 2.05) is 49.4 Å². The van der Waals surface area contributed by atoms with Crippen molar-refractivity contribution in [3.8, 4) is 11.5 Å². The highest BCUT2D eigenvalue weighted by molar-refractivity contribution is 14.0. The van der Waals surface area contributed by atoms with Crippen molar-refractivity contribution in [1.29, 1.82) is 0 Å². The minimum absolute atomic E-state index is 0. The maximum Gasteiger partial charge on any atom is 0.191 e. The number of ether oxygens (including phenoxy) is 2. The Morgan fingerprint density at radius 2 is 1.75 bits per heavy atom. The van der Waals surface area contributed by atoms with Crippen molar-refractivity contribution in [2.75, 3.05) is 13.7 Å². The Hall–Kier alpha value is -2.81. The summed E-state index contributed by atoms with van der Waals surface area (Å²) in [5.41, 5.74) is 4.33. The zero-order valence-corrected chi connectivity index (χ0v) is 21.1. The van der Waals surface area contributed by atoms with Crippen LogP contribution >= 0.6 is 24.0 Å². The monoisotopic (exact) mass is 546 g/mol. The van der Waals surface area contributed by atoms with Crippen molar-refractivity contribution in [1.82, 2.24) is 15.6 Å². The molecule has 0 aliphatic rings. The summed E-state index contributed by atoms with van der Waals surface area (Å²) < 4.78 is 11.5. The molecule has 1 aromatic heterocycles. The topological polar surface area (TPSA) is 67.8 Å². The van der Waals surface area contributed by atoms with Crippen molar-refractivity contribution >= 4 is 29.9 Å². The smallest absolute Gasteiger partial charge is 0.191 e. The molecule has 7 heteroatoms. The lowest BCUT2D eigenvalue weighted by Gasteiger charge is -2.15. The predicted octanol–water partition coefficient (Wildman–Crippen LogP) is 4.85. The molecule has 0 amide bonds. The lowest BCUT2D eigenvalue weighted by molar-refractivity contribution is 0.301. The van der Waals surface area contributed by atoms with Crippen LogP contribution in [0, 0.1) is 6.92 Å². The molecule has 0 saturated carbocycles. The highest BCUT2D eigenvalue weighted by Crippen LogP contribution is 2.20. The Bertz CT molecular complexity index is 979. The molecule has 3 aromatic rings. The van der Waals surface area contributed by atoms with Gasteiger partial charge >= 0.3 is 0 Å². The van der Waals surface area contributed by atoms with E-state index in [0.29, 0.717) is 26.3 Å². The van der Waals surface area contributed by atoms with Gasteiger partial charge in [-0.25, -0.2) is 0 Å². The first-order valence-corrected chi connectivity index (χ1v) is 10.5. The number of rotatable bonds is 9. The van der Waals surface area contributed by atoms with Crippen LogP contribution in [-0.2, 0) is 19.7 Å². The summed E-state index contributed by atoms with van der Waals surface area (Å²) in [6, 6.07) is 20.1. The average Bonchev–Trinajstić information content (AvgIpc) is 2.80. The first kappa shape index (κ1) is 25.5. The molecule has 0 bridgehead atoms. The number of hydrogen-bond donors (Lipinski definition) is 2. The standard InChI is InChI=1S/C25H30N4O2.HI/c1-4-30-24-15-19(2)8-11-21(24)17-29-25(26-3)28-16-20-9-12-23(13-10-20)31-18-22-7-5-6-14-27-22;/h5-15H,4,16-18H2,1-3H3,(H2,26,28,29);1H. The molecule has 32 heavy (non-hydrogen) atoms. The van der Waals surface area contributed by atoms with Crippen molar-refractivity contribution in [3.05, 3.63) is 89.2 Å². The van der Waals surface area contributed by atoms with Gasteiger partial charge in [-0.3, -0.25) is 9.98 Å². The van der Waals surface area contributed by atoms with Crippen molar-refractivity contribution in [2.24, 2.45) is 4.99 Å². The van der Waals surface area contributed by atoms with Gasteiger partial charge in [0.2, 0.25) is 0 Å². The summed E-state index contributed by atoms with van der Waals surface area (Å²) in [4.78, 5) is 8.58. The van der Waals surface area contributed by atoms with E-state index >= 15 is 0 Å². The van der Waals surface area contributed by atoms with Crippen LogP contribution in [0.15, 0.2) is 71.9 Å². The molecule has 2 aromatic carbocycles. The molecule has 170 valence electrons. The fraction of sp³-hybridized carbons (Fsp3) is 0.280. The number of aryl methyl sites for hydroxylation is 1. The number of halogens is 1. The number of hydrogen-bond acceptors (Lipinski definition) is 4. The second-order valence-corrected chi connectivity index (χ2v) is 7.08. The maximum atomic E-state index is 5.79. The molecule has 0 spiro atoms. The first-order valence-electron chi connectivity index (χ1n) is 10.5. The summed E-state index contributed by atoms with van der Waals surface area (Å²) >= 11 is 0. The number of aliphatic imine (C=N–C) groups is 1. The molecule has 0 atom stereocenters. The highest BCUT2D eigenvalue weighted by Gasteiger charge is 2.06. The average molecular weight is 546 g/mol. The third-order valence-corrected chi connectivity index (χ3v) is 4.69. The molecule has 0 aliphatic carbocycles. The molecular formula is C25H31IN4O2. The van der Waals surface area contributed by atoms with E-state index in [4.69, 9.17) is 9.47 Å². The maximum absolute atomic E-state index is 5.79. The van der Waals surface area contributed by atoms with Gasteiger partial charge in [0.15, 0.2) is 5.96 Å². The van der Waals surface area contributed by atoms with E-state index in [9.17, 15) is 0 Å². The van der Waals surface area contributed by atoms with Crippen LogP contribution in [0.2, 0.25) is 0 Å². The molecule has 0 fully saturated rings. The Morgan fingerprint density at radius 3 is 2.44 bits per heavy atom. The van der Waals surface area contributed by atoms with Crippen LogP contribution in [0.4, 0.5) is 0 Å². The van der Waals surface area contributed by atoms with Crippen LogP contribution < -0.4 is 20.1 Å². The Morgan fingerprint density at radius 1 is 0.969 bits per heavy atom. The van der Waals surface area contributed by atoms with Crippen molar-refractivity contribution in [2.45, 2.75) is 33.5 Å². The SMILES string of the molecule is CCOc1cc(C)ccc1CNC(=NC)NCc1ccc(OCc2ccccn2)cc1.I. The van der Waals surface area contributed by atoms with Gasteiger partial charge in [0.1, 0.15) is 18.1 Å². The fourth-order valence-electron chi connectivity index (χ4n) is 3.03. The zero-order chi connectivity index (χ0) is 21.9. The lowest BCUT2D eigenvalue weighted by Crippen LogP contribution is -2.36. The van der Waals surface area contributed by atoms with E-state index in [2.05, 4.69) is 45.7 Å². The van der Waals surface area contributed by atoms with Crippen LogP contribution in [0.25, 0.3) is 0 Å². The Balaban J connectivity index is 0.00000363. The zero-order valence-electron chi connectivity index (χ0n) is 18.8. The number of nitrogens with one attached hydrogen (secondary N) is 2. The van der Waals surface area contributed by atoms with Crippen molar-refractivity contribution in [3.63, 3.8) is 0 Å². The summed E-state index contributed by atoms with van der Waals surface area (Å²) in [7, 11) is 1.77. The van der Waals surface area contributed by atoms with Gasteiger partial charge in [-0.2, -0.15) is 0 Å². The van der Waals surface area contributed by atoms with Crippen LogP contribution in [0.3, 0.4) is 0 Å². The molecule has 0 unspecified atom stereocenters. The first-order chi connectivity index (χ1) is 15.2. The number of pyridine rings is 1. The third-order valence-electron chi connectivity index (χ3n) is 4.69. The molecule has 3 rings (SSSR count). The summed E-state index contributed by atoms with van der Waals surface area (Å²) in [6.45, 7) is 6.45. The van der Waals surface area contributed by atoms with E-state index in [-0.39, 0.29) is 24.0 Å². The van der Waals surface area contributed by atoms with Gasteiger partial charge in [0.25, 0.3) is 0 Å². The molecule has 1 heterocycles. The van der Waals surface area contributed by atoms with Gasteiger partial charge in [0, 0.05) is 31.9 Å². The van der Waals surface area contributed by atoms with E-state index < -0.39 is 0 Å². The highest BCUT2D eigenvalue weighted by atomic mass is 127. The van der Waals surface area contributed by atoms with Crippen LogP contribution in [0.1, 0.15) is 29.3 Å². The molecule has 2 N–H and O–H groups in total. The molecule has 0 saturated heterocycles. The Labute approximate surface area is 207 Å². The molecule has 0 aliphatic heterocycles. The molecule has 0 radical (unpaired) electrons. The van der Waals surface area contributed by atoms with Gasteiger partial charge in [-0.1, -0.05) is 30.3 Å². The van der Waals surface area contributed by atoms with Crippen molar-refractivity contribution < 1.29 is 9.47 Å². The van der Waals surface area contributed by atoms with Gasteiger partial charge < -0.3 is 20.1 Å². The number of aromatic nitrogens is 1. The minimum Gasteiger partial charge on any atom is -0.494 e. The quantitative estimate of drug-likeness (QED) is 0.228. The van der Waals surface area contributed by atoms with Crippen LogP contribution in [0.5, 0.6) is 11.5 Å². The normalized spacial score (nSPS) is 10.8. The van der Waals surface area contributed by atoms with Gasteiger partial charge in [-0.15, -0.1) is 24.0 Å². The fourth-order valence-corrected chi connectivity index (χ4v) is 3.03. The Kier molecular flexibility index (Phi) is 10.8. The molecule has 6 nitrogen and oxygen atoms in total. The van der Waals surface area contributed by atoms with Crippen LogP contribution in [-0.4, -0.2) is 24.6 Å². The summed E-state index contributed by atoms with van der Waals surface area (Å²) in [5.74, 6) is 2.46. The second kappa shape index (κ2) is 13.6. The summed E-state index contributed by atoms with van der Waals surface area (Å²) in [6.07, 6.45) is 1.77. The van der Waals surface area contributed by atoms with Gasteiger partial charge in [0.05, 0.1) is 12.3 Å². The van der Waals surface area contributed by atoms with E-state index in [1.165, 1.54) is 5.56 Å². The minimum atomic E-state index is 0. The third kappa shape index (κ3) is 8.03.